The molecule has 1 heteroatoms. The fourth-order valence-corrected chi connectivity index (χ4v) is 5.02. The van der Waals surface area contributed by atoms with Gasteiger partial charge < -0.3 is 5.11 Å². The van der Waals surface area contributed by atoms with Gasteiger partial charge in [-0.1, -0.05) is 134 Å². The first-order valence-corrected chi connectivity index (χ1v) is 12.9. The molecule has 1 nitrogen and oxygen atoms in total. The molecule has 0 radical (unpaired) electrons. The number of hydrogen-bond acceptors (Lipinski definition) is 1. The Morgan fingerprint density at radius 2 is 1.23 bits per heavy atom. The first-order valence-electron chi connectivity index (χ1n) is 12.9. The summed E-state index contributed by atoms with van der Waals surface area (Å²) in [4.78, 5) is 0. The molecule has 0 saturated carbocycles. The molecule has 2 aromatic rings. The van der Waals surface area contributed by atoms with Crippen LogP contribution in [0.15, 0.2) is 48.5 Å². The van der Waals surface area contributed by atoms with Crippen LogP contribution >= 0.6 is 0 Å². The molecule has 2 aromatic carbocycles. The second-order valence-corrected chi connectivity index (χ2v) is 9.84. The fourth-order valence-electron chi connectivity index (χ4n) is 5.02. The molecule has 31 heavy (non-hydrogen) atoms. The predicted octanol–water partition coefficient (Wildman–Crippen LogP) is 9.52. The van der Waals surface area contributed by atoms with Crippen molar-refractivity contribution < 1.29 is 5.11 Å². The zero-order chi connectivity index (χ0) is 22.5. The van der Waals surface area contributed by atoms with E-state index in [2.05, 4.69) is 70.2 Å². The second kappa shape index (κ2) is 13.6. The van der Waals surface area contributed by atoms with Gasteiger partial charge in [-0.15, -0.1) is 0 Å². The summed E-state index contributed by atoms with van der Waals surface area (Å²) in [6, 6.07) is 16.9. The molecule has 0 spiro atoms. The van der Waals surface area contributed by atoms with Crippen LogP contribution in [0.2, 0.25) is 0 Å². The van der Waals surface area contributed by atoms with E-state index in [0.717, 1.165) is 5.56 Å². The summed E-state index contributed by atoms with van der Waals surface area (Å²) in [6.45, 7) is 9.09. The summed E-state index contributed by atoms with van der Waals surface area (Å²) in [6.07, 6.45) is 15.7. The van der Waals surface area contributed by atoms with Crippen LogP contribution in [0.4, 0.5) is 0 Å². The molecule has 0 bridgehead atoms. The van der Waals surface area contributed by atoms with Crippen molar-refractivity contribution in [1.29, 1.82) is 0 Å². The molecule has 0 aromatic heterocycles. The van der Waals surface area contributed by atoms with Crippen molar-refractivity contribution in [2.24, 2.45) is 0 Å². The van der Waals surface area contributed by atoms with Crippen LogP contribution < -0.4 is 0 Å². The van der Waals surface area contributed by atoms with Gasteiger partial charge in [-0.3, -0.25) is 0 Å². The van der Waals surface area contributed by atoms with Crippen LogP contribution in [0.1, 0.15) is 127 Å². The molecule has 1 atom stereocenters. The summed E-state index contributed by atoms with van der Waals surface area (Å²) < 4.78 is 0. The van der Waals surface area contributed by atoms with E-state index in [4.69, 9.17) is 0 Å². The number of phenols is 1. The van der Waals surface area contributed by atoms with Crippen molar-refractivity contribution in [2.45, 2.75) is 116 Å². The maximum Gasteiger partial charge on any atom is 0.119 e. The minimum absolute atomic E-state index is 0.218. The molecule has 2 rings (SSSR count). The van der Waals surface area contributed by atoms with Gasteiger partial charge in [0.25, 0.3) is 0 Å². The van der Waals surface area contributed by atoms with Crippen LogP contribution in [0.5, 0.6) is 5.75 Å². The van der Waals surface area contributed by atoms with Crippen molar-refractivity contribution in [2.75, 3.05) is 0 Å². The van der Waals surface area contributed by atoms with Gasteiger partial charge in [-0.2, -0.15) is 0 Å². The monoisotopic (exact) mass is 422 g/mol. The zero-order valence-corrected chi connectivity index (χ0v) is 20.6. The Hall–Kier alpha value is -1.76. The molecule has 0 fully saturated rings. The van der Waals surface area contributed by atoms with Crippen molar-refractivity contribution in [1.82, 2.24) is 0 Å². The van der Waals surface area contributed by atoms with Crippen LogP contribution in [0, 0.1) is 0 Å². The minimum atomic E-state index is -0.218. The molecule has 0 aliphatic carbocycles. The Morgan fingerprint density at radius 1 is 0.677 bits per heavy atom. The third-order valence-corrected chi connectivity index (χ3v) is 6.95. The van der Waals surface area contributed by atoms with E-state index in [0.29, 0.717) is 11.7 Å². The Bertz CT molecular complexity index is 731. The number of rotatable bonds is 15. The first-order chi connectivity index (χ1) is 15.0. The van der Waals surface area contributed by atoms with Crippen molar-refractivity contribution in [3.63, 3.8) is 0 Å². The molecule has 1 unspecified atom stereocenters. The fraction of sp³-hybridized carbons (Fsp3) is 0.600. The van der Waals surface area contributed by atoms with Gasteiger partial charge in [0.05, 0.1) is 0 Å². The van der Waals surface area contributed by atoms with Gasteiger partial charge in [0.2, 0.25) is 0 Å². The van der Waals surface area contributed by atoms with E-state index in [1.807, 2.05) is 6.07 Å². The average molecular weight is 423 g/mol. The van der Waals surface area contributed by atoms with Gasteiger partial charge in [0, 0.05) is 11.0 Å². The van der Waals surface area contributed by atoms with E-state index in [9.17, 15) is 5.11 Å². The van der Waals surface area contributed by atoms with Crippen molar-refractivity contribution in [3.8, 4) is 5.75 Å². The molecule has 1 N–H and O–H groups in total. The highest BCUT2D eigenvalue weighted by Gasteiger charge is 2.31. The summed E-state index contributed by atoms with van der Waals surface area (Å²) in [5.74, 6) is 0.987. The lowest BCUT2D eigenvalue weighted by Crippen LogP contribution is -2.22. The van der Waals surface area contributed by atoms with E-state index in [1.165, 1.54) is 88.2 Å². The molecular formula is C30H46O. The van der Waals surface area contributed by atoms with Crippen molar-refractivity contribution >= 4 is 0 Å². The number of benzene rings is 2. The highest BCUT2D eigenvalue weighted by molar-refractivity contribution is 5.51. The van der Waals surface area contributed by atoms with Crippen LogP contribution in [-0.4, -0.2) is 5.11 Å². The lowest BCUT2D eigenvalue weighted by Gasteiger charge is -2.32. The Balaban J connectivity index is 2.26. The van der Waals surface area contributed by atoms with Gasteiger partial charge >= 0.3 is 0 Å². The number of unbranched alkanes of at least 4 members (excludes halogenated alkanes) is 8. The molecule has 0 aliphatic rings. The quantitative estimate of drug-likeness (QED) is 0.283. The second-order valence-electron chi connectivity index (χ2n) is 9.84. The summed E-state index contributed by atoms with van der Waals surface area (Å²) in [5, 5.41) is 11.0. The summed E-state index contributed by atoms with van der Waals surface area (Å²) in [5.41, 5.74) is 3.55. The third kappa shape index (κ3) is 7.70. The third-order valence-electron chi connectivity index (χ3n) is 6.95. The smallest absolute Gasteiger partial charge is 0.119 e. The van der Waals surface area contributed by atoms with E-state index < -0.39 is 0 Å². The summed E-state index contributed by atoms with van der Waals surface area (Å²) >= 11 is 0. The number of aromatic hydroxyl groups is 1. The SMILES string of the molecule is CCCCCCCCC(CCCCCC)c1cccc(O)c1C(C)(C)c1ccccc1. The van der Waals surface area contributed by atoms with Crippen LogP contribution in [-0.2, 0) is 5.41 Å². The number of phenolic OH excluding ortho intramolecular Hbond substituents is 1. The molecule has 0 amide bonds. The largest absolute Gasteiger partial charge is 0.508 e. The minimum Gasteiger partial charge on any atom is -0.508 e. The average Bonchev–Trinajstić information content (AvgIpc) is 2.77. The lowest BCUT2D eigenvalue weighted by atomic mass is 9.72. The highest BCUT2D eigenvalue weighted by atomic mass is 16.3. The Morgan fingerprint density at radius 3 is 1.84 bits per heavy atom. The summed E-state index contributed by atoms with van der Waals surface area (Å²) in [7, 11) is 0. The zero-order valence-electron chi connectivity index (χ0n) is 20.6. The van der Waals surface area contributed by atoms with E-state index >= 15 is 0 Å². The van der Waals surface area contributed by atoms with Crippen LogP contribution in [0.25, 0.3) is 0 Å². The molecule has 0 heterocycles. The number of hydrogen-bond donors (Lipinski definition) is 1. The lowest BCUT2D eigenvalue weighted by molar-refractivity contribution is 0.440. The van der Waals surface area contributed by atoms with E-state index in [-0.39, 0.29) is 5.41 Å². The Kier molecular flexibility index (Phi) is 11.2. The first kappa shape index (κ1) is 25.5. The molecule has 0 saturated heterocycles. The maximum absolute atomic E-state index is 11.0. The predicted molar refractivity (Wildman–Crippen MR) is 136 cm³/mol. The van der Waals surface area contributed by atoms with E-state index in [1.54, 1.807) is 0 Å². The topological polar surface area (TPSA) is 20.2 Å². The molecular weight excluding hydrogens is 376 g/mol. The van der Waals surface area contributed by atoms with Crippen LogP contribution in [0.3, 0.4) is 0 Å². The Labute approximate surface area is 192 Å². The standard InChI is InChI=1S/C30H46O/c1-5-7-9-11-12-15-20-25(19-14-10-8-6-2)27-23-18-24-28(31)29(27)30(3,4)26-21-16-13-17-22-26/h13,16-18,21-25,31H,5-12,14-15,19-20H2,1-4H3. The normalized spacial score (nSPS) is 12.8. The van der Waals surface area contributed by atoms with Crippen molar-refractivity contribution in [3.05, 3.63) is 65.2 Å². The van der Waals surface area contributed by atoms with Gasteiger partial charge in [-0.05, 0) is 36.0 Å². The maximum atomic E-state index is 11.0. The van der Waals surface area contributed by atoms with Gasteiger partial charge in [0.1, 0.15) is 5.75 Å². The highest BCUT2D eigenvalue weighted by Crippen LogP contribution is 2.43. The molecule has 0 aliphatic heterocycles. The van der Waals surface area contributed by atoms with Gasteiger partial charge in [-0.25, -0.2) is 0 Å². The van der Waals surface area contributed by atoms with Gasteiger partial charge in [0.15, 0.2) is 0 Å². The molecule has 172 valence electrons.